The van der Waals surface area contributed by atoms with Crippen LogP contribution in [0.3, 0.4) is 0 Å². The van der Waals surface area contributed by atoms with E-state index in [2.05, 4.69) is 23.5 Å². The fourth-order valence-electron chi connectivity index (χ4n) is 3.82. The van der Waals surface area contributed by atoms with Gasteiger partial charge in [0.05, 0.1) is 10.5 Å². The summed E-state index contributed by atoms with van der Waals surface area (Å²) in [4.78, 5) is 2.03. The van der Waals surface area contributed by atoms with Gasteiger partial charge in [-0.3, -0.25) is 4.72 Å². The largest absolute Gasteiger partial charge is 0.416 e. The summed E-state index contributed by atoms with van der Waals surface area (Å²) in [5.74, 6) is 0.394. The fourth-order valence-corrected chi connectivity index (χ4v) is 4.92. The molecule has 0 amide bonds. The summed E-state index contributed by atoms with van der Waals surface area (Å²) < 4.78 is 65.9. The summed E-state index contributed by atoms with van der Waals surface area (Å²) in [6, 6.07) is 11.3. The van der Waals surface area contributed by atoms with Crippen molar-refractivity contribution < 1.29 is 21.6 Å². The number of rotatable bonds is 6. The molecule has 0 aliphatic carbocycles. The quantitative estimate of drug-likeness (QED) is 0.700. The lowest BCUT2D eigenvalue weighted by Gasteiger charge is -2.19. The number of nitrogens with one attached hydrogen (secondary N) is 1. The van der Waals surface area contributed by atoms with Crippen molar-refractivity contribution >= 4 is 15.7 Å². The highest BCUT2D eigenvalue weighted by Gasteiger charge is 2.32. The standard InChI is InChI=1S/C21H25F3N2O2S/c1-3-11-26-14-17(12-15(26)2)16-7-9-19(10-8-16)25-29(27,28)20-6-4-5-18(13-20)21(22,23)24/h4-10,13,15,17,25H,3,11-12,14H2,1-2H3/t15-,17+/m0/s1. The van der Waals surface area contributed by atoms with Gasteiger partial charge in [-0.2, -0.15) is 13.2 Å². The maximum Gasteiger partial charge on any atom is 0.416 e. The molecule has 158 valence electrons. The van der Waals surface area contributed by atoms with Gasteiger partial charge >= 0.3 is 6.18 Å². The van der Waals surface area contributed by atoms with Gasteiger partial charge in [0.2, 0.25) is 0 Å². The van der Waals surface area contributed by atoms with E-state index in [0.717, 1.165) is 49.7 Å². The van der Waals surface area contributed by atoms with Crippen molar-refractivity contribution in [2.24, 2.45) is 0 Å². The van der Waals surface area contributed by atoms with Crippen LogP contribution in [0.15, 0.2) is 53.4 Å². The molecule has 0 aromatic heterocycles. The maximum absolute atomic E-state index is 12.9. The van der Waals surface area contributed by atoms with E-state index in [1.54, 1.807) is 12.1 Å². The summed E-state index contributed by atoms with van der Waals surface area (Å²) in [6.45, 7) is 6.41. The van der Waals surface area contributed by atoms with Gasteiger partial charge in [-0.1, -0.05) is 25.1 Å². The Morgan fingerprint density at radius 1 is 1.14 bits per heavy atom. The first kappa shape index (κ1) is 21.6. The van der Waals surface area contributed by atoms with Crippen LogP contribution in [0.1, 0.15) is 43.7 Å². The molecule has 1 saturated heterocycles. The van der Waals surface area contributed by atoms with Crippen molar-refractivity contribution in [2.75, 3.05) is 17.8 Å². The molecule has 1 fully saturated rings. The minimum absolute atomic E-state index is 0.322. The molecule has 2 aromatic carbocycles. The highest BCUT2D eigenvalue weighted by Crippen LogP contribution is 2.33. The second-order valence-corrected chi connectivity index (χ2v) is 9.21. The third-order valence-corrected chi connectivity index (χ3v) is 6.70. The van der Waals surface area contributed by atoms with E-state index in [1.807, 2.05) is 12.1 Å². The molecular formula is C21H25F3N2O2S. The normalized spacial score (nSPS) is 20.7. The molecule has 1 heterocycles. The summed E-state index contributed by atoms with van der Waals surface area (Å²) in [7, 11) is -4.11. The zero-order chi connectivity index (χ0) is 21.2. The average Bonchev–Trinajstić information content (AvgIpc) is 3.02. The van der Waals surface area contributed by atoms with Crippen molar-refractivity contribution in [2.45, 2.75) is 49.7 Å². The fraction of sp³-hybridized carbons (Fsp3) is 0.429. The minimum atomic E-state index is -4.60. The van der Waals surface area contributed by atoms with Gasteiger partial charge in [0, 0.05) is 18.3 Å². The van der Waals surface area contributed by atoms with E-state index in [-0.39, 0.29) is 0 Å². The Morgan fingerprint density at radius 2 is 1.83 bits per heavy atom. The number of alkyl halides is 3. The van der Waals surface area contributed by atoms with Crippen LogP contribution in [0, 0.1) is 0 Å². The van der Waals surface area contributed by atoms with Gasteiger partial charge in [0.15, 0.2) is 0 Å². The number of halogens is 3. The second kappa shape index (κ2) is 8.36. The number of benzene rings is 2. The van der Waals surface area contributed by atoms with Crippen molar-refractivity contribution in [1.82, 2.24) is 4.90 Å². The Hall–Kier alpha value is -2.06. The van der Waals surface area contributed by atoms with Gasteiger partial charge < -0.3 is 4.90 Å². The molecule has 3 rings (SSSR count). The molecule has 0 saturated carbocycles. The van der Waals surface area contributed by atoms with Crippen LogP contribution in [-0.2, 0) is 16.2 Å². The third-order valence-electron chi connectivity index (χ3n) is 5.32. The van der Waals surface area contributed by atoms with Crippen molar-refractivity contribution in [1.29, 1.82) is 0 Å². The lowest BCUT2D eigenvalue weighted by molar-refractivity contribution is -0.137. The second-order valence-electron chi connectivity index (χ2n) is 7.53. The molecule has 29 heavy (non-hydrogen) atoms. The monoisotopic (exact) mass is 426 g/mol. The lowest BCUT2D eigenvalue weighted by Crippen LogP contribution is -2.27. The smallest absolute Gasteiger partial charge is 0.300 e. The molecule has 8 heteroatoms. The Kier molecular flexibility index (Phi) is 6.24. The maximum atomic E-state index is 12.9. The van der Waals surface area contributed by atoms with Crippen molar-refractivity contribution in [3.63, 3.8) is 0 Å². The molecule has 0 bridgehead atoms. The highest BCUT2D eigenvalue weighted by atomic mass is 32.2. The third kappa shape index (κ3) is 5.11. The predicted molar refractivity (Wildman–Crippen MR) is 107 cm³/mol. The van der Waals surface area contributed by atoms with Gasteiger partial charge in [0.1, 0.15) is 0 Å². The molecule has 1 N–H and O–H groups in total. The van der Waals surface area contributed by atoms with Gasteiger partial charge in [-0.15, -0.1) is 0 Å². The summed E-state index contributed by atoms with van der Waals surface area (Å²) in [5, 5.41) is 0. The number of anilines is 1. The molecule has 1 aliphatic rings. The summed E-state index contributed by atoms with van der Waals surface area (Å²) in [6.07, 6.45) is -2.44. The van der Waals surface area contributed by atoms with Gasteiger partial charge in [-0.05, 0) is 68.1 Å². The first-order valence-electron chi connectivity index (χ1n) is 9.64. The Balaban J connectivity index is 1.73. The van der Waals surface area contributed by atoms with Crippen molar-refractivity contribution in [3.8, 4) is 0 Å². The van der Waals surface area contributed by atoms with E-state index < -0.39 is 26.7 Å². The summed E-state index contributed by atoms with van der Waals surface area (Å²) in [5.41, 5.74) is 0.461. The molecule has 2 atom stereocenters. The van der Waals surface area contributed by atoms with Crippen LogP contribution in [0.5, 0.6) is 0 Å². The molecule has 4 nitrogen and oxygen atoms in total. The SMILES string of the molecule is CCCN1C[C@H](c2ccc(NS(=O)(=O)c3cccc(C(F)(F)F)c3)cc2)C[C@@H]1C. The number of hydrogen-bond donors (Lipinski definition) is 1. The number of likely N-dealkylation sites (tertiary alicyclic amines) is 1. The van der Waals surface area contributed by atoms with Crippen LogP contribution < -0.4 is 4.72 Å². The molecule has 0 radical (unpaired) electrons. The highest BCUT2D eigenvalue weighted by molar-refractivity contribution is 7.92. The minimum Gasteiger partial charge on any atom is -0.300 e. The van der Waals surface area contributed by atoms with Gasteiger partial charge in [-0.25, -0.2) is 8.42 Å². The molecule has 0 unspecified atom stereocenters. The molecular weight excluding hydrogens is 401 g/mol. The van der Waals surface area contributed by atoms with E-state index in [1.165, 1.54) is 0 Å². The van der Waals surface area contributed by atoms with E-state index in [9.17, 15) is 21.6 Å². The Morgan fingerprint density at radius 3 is 2.45 bits per heavy atom. The zero-order valence-corrected chi connectivity index (χ0v) is 17.2. The zero-order valence-electron chi connectivity index (χ0n) is 16.4. The van der Waals surface area contributed by atoms with Gasteiger partial charge in [0.25, 0.3) is 10.0 Å². The first-order chi connectivity index (χ1) is 13.6. The van der Waals surface area contributed by atoms with E-state index in [0.29, 0.717) is 23.7 Å². The van der Waals surface area contributed by atoms with Crippen molar-refractivity contribution in [3.05, 3.63) is 59.7 Å². The van der Waals surface area contributed by atoms with Crippen LogP contribution in [0.2, 0.25) is 0 Å². The Labute approximate surface area is 169 Å². The van der Waals surface area contributed by atoms with Crippen LogP contribution in [0.4, 0.5) is 18.9 Å². The topological polar surface area (TPSA) is 49.4 Å². The lowest BCUT2D eigenvalue weighted by atomic mass is 9.96. The Bertz CT molecular complexity index is 943. The summed E-state index contributed by atoms with van der Waals surface area (Å²) >= 11 is 0. The number of hydrogen-bond acceptors (Lipinski definition) is 3. The molecule has 0 spiro atoms. The molecule has 1 aliphatic heterocycles. The van der Waals surface area contributed by atoms with Crippen LogP contribution in [0.25, 0.3) is 0 Å². The van der Waals surface area contributed by atoms with Crippen LogP contribution >= 0.6 is 0 Å². The predicted octanol–water partition coefficient (Wildman–Crippen LogP) is 5.09. The first-order valence-corrected chi connectivity index (χ1v) is 11.1. The number of nitrogens with zero attached hydrogens (tertiary/aromatic N) is 1. The van der Waals surface area contributed by atoms with E-state index >= 15 is 0 Å². The molecule has 2 aromatic rings. The van der Waals surface area contributed by atoms with Crippen LogP contribution in [-0.4, -0.2) is 32.4 Å². The van der Waals surface area contributed by atoms with E-state index in [4.69, 9.17) is 0 Å². The average molecular weight is 427 g/mol. The number of sulfonamides is 1.